The van der Waals surface area contributed by atoms with Crippen molar-refractivity contribution in [3.05, 3.63) is 42.1 Å². The van der Waals surface area contributed by atoms with Crippen LogP contribution in [0.1, 0.15) is 27.7 Å². The summed E-state index contributed by atoms with van der Waals surface area (Å²) in [5.41, 5.74) is 0.605. The summed E-state index contributed by atoms with van der Waals surface area (Å²) in [5, 5.41) is 2.84. The Morgan fingerprint density at radius 3 is 2.00 bits per heavy atom. The van der Waals surface area contributed by atoms with Crippen molar-refractivity contribution >= 4 is 17.6 Å². The maximum absolute atomic E-state index is 11.6. The van der Waals surface area contributed by atoms with E-state index in [0.717, 1.165) is 5.69 Å². The van der Waals surface area contributed by atoms with Crippen molar-refractivity contribution in [1.82, 2.24) is 0 Å². The van der Waals surface area contributed by atoms with Crippen LogP contribution in [0.4, 0.5) is 5.69 Å². The number of nitrogens with one attached hydrogen (secondary N) is 1. The van der Waals surface area contributed by atoms with Gasteiger partial charge in [0.1, 0.15) is 0 Å². The SMILES string of the molecule is CC.CC1(C)OC(=O)C(=CNc2ccccc2)C(=O)O1. The molecule has 0 spiro atoms. The number of cyclic esters (lactones) is 2. The molecule has 0 aromatic heterocycles. The van der Waals surface area contributed by atoms with E-state index in [9.17, 15) is 9.59 Å². The van der Waals surface area contributed by atoms with Gasteiger partial charge in [-0.3, -0.25) is 0 Å². The Morgan fingerprint density at radius 1 is 1.00 bits per heavy atom. The Labute approximate surface area is 118 Å². The molecule has 1 fully saturated rings. The molecular formula is C15H19NO4. The van der Waals surface area contributed by atoms with Crippen molar-refractivity contribution < 1.29 is 19.1 Å². The van der Waals surface area contributed by atoms with E-state index in [1.807, 2.05) is 32.0 Å². The standard InChI is InChI=1S/C13H13NO4.C2H6/c1-13(2)17-11(15)10(12(16)18-13)8-14-9-6-4-3-5-7-9;1-2/h3-8,14H,1-2H3;1-2H3. The minimum absolute atomic E-state index is 0.154. The first kappa shape index (κ1) is 15.8. The quantitative estimate of drug-likeness (QED) is 0.511. The molecule has 0 aliphatic carbocycles. The molecule has 20 heavy (non-hydrogen) atoms. The van der Waals surface area contributed by atoms with E-state index in [1.54, 1.807) is 12.1 Å². The molecule has 5 heteroatoms. The molecule has 1 aromatic rings. The fourth-order valence-corrected chi connectivity index (χ4v) is 1.47. The molecule has 1 aliphatic heterocycles. The average Bonchev–Trinajstić information content (AvgIpc) is 2.40. The number of hydrogen-bond donors (Lipinski definition) is 1. The van der Waals surface area contributed by atoms with Crippen LogP contribution in [0.5, 0.6) is 0 Å². The average molecular weight is 277 g/mol. The summed E-state index contributed by atoms with van der Waals surface area (Å²) in [6, 6.07) is 9.15. The van der Waals surface area contributed by atoms with E-state index in [4.69, 9.17) is 9.47 Å². The summed E-state index contributed by atoms with van der Waals surface area (Å²) in [4.78, 5) is 23.2. The van der Waals surface area contributed by atoms with Gasteiger partial charge in [0, 0.05) is 25.7 Å². The van der Waals surface area contributed by atoms with Crippen LogP contribution in [0.25, 0.3) is 0 Å². The van der Waals surface area contributed by atoms with Crippen LogP contribution >= 0.6 is 0 Å². The highest BCUT2D eigenvalue weighted by Gasteiger charge is 2.38. The van der Waals surface area contributed by atoms with Gasteiger partial charge in [-0.15, -0.1) is 0 Å². The molecule has 0 atom stereocenters. The van der Waals surface area contributed by atoms with Gasteiger partial charge in [0.25, 0.3) is 5.79 Å². The lowest BCUT2D eigenvalue weighted by Gasteiger charge is -2.29. The third kappa shape index (κ3) is 4.12. The molecule has 108 valence electrons. The van der Waals surface area contributed by atoms with E-state index in [2.05, 4.69) is 5.32 Å². The Balaban J connectivity index is 0.000000956. The van der Waals surface area contributed by atoms with E-state index in [1.165, 1.54) is 20.0 Å². The number of carbonyl (C=O) groups excluding carboxylic acids is 2. The first-order valence-electron chi connectivity index (χ1n) is 6.46. The highest BCUT2D eigenvalue weighted by Crippen LogP contribution is 2.22. The number of esters is 2. The highest BCUT2D eigenvalue weighted by molar-refractivity contribution is 6.15. The van der Waals surface area contributed by atoms with E-state index in [0.29, 0.717) is 0 Å². The summed E-state index contributed by atoms with van der Waals surface area (Å²) in [6.07, 6.45) is 1.29. The lowest BCUT2D eigenvalue weighted by atomic mass is 10.2. The Kier molecular flexibility index (Phi) is 5.32. The smallest absolute Gasteiger partial charge is 0.350 e. The van der Waals surface area contributed by atoms with E-state index < -0.39 is 17.7 Å². The molecule has 1 saturated heterocycles. The van der Waals surface area contributed by atoms with Gasteiger partial charge in [-0.2, -0.15) is 0 Å². The second kappa shape index (κ2) is 6.75. The van der Waals surface area contributed by atoms with Crippen molar-refractivity contribution in [2.45, 2.75) is 33.5 Å². The van der Waals surface area contributed by atoms with Gasteiger partial charge in [-0.05, 0) is 12.1 Å². The molecule has 0 bridgehead atoms. The Hall–Kier alpha value is -2.30. The minimum Gasteiger partial charge on any atom is -0.419 e. The summed E-state index contributed by atoms with van der Waals surface area (Å²) >= 11 is 0. The maximum atomic E-state index is 11.6. The molecule has 0 unspecified atom stereocenters. The maximum Gasteiger partial charge on any atom is 0.350 e. The number of anilines is 1. The first-order chi connectivity index (χ1) is 9.48. The molecule has 1 heterocycles. The molecule has 5 nitrogen and oxygen atoms in total. The largest absolute Gasteiger partial charge is 0.419 e. The molecule has 0 saturated carbocycles. The summed E-state index contributed by atoms with van der Waals surface area (Å²) in [7, 11) is 0. The molecule has 0 radical (unpaired) electrons. The molecule has 0 amide bonds. The number of benzene rings is 1. The number of para-hydroxylation sites is 1. The lowest BCUT2D eigenvalue weighted by Crippen LogP contribution is -2.42. The topological polar surface area (TPSA) is 64.6 Å². The van der Waals surface area contributed by atoms with Crippen LogP contribution in [0.15, 0.2) is 42.1 Å². The molecule has 2 rings (SSSR count). The third-order valence-corrected chi connectivity index (χ3v) is 2.27. The molecular weight excluding hydrogens is 258 g/mol. The zero-order valence-corrected chi connectivity index (χ0v) is 12.1. The van der Waals surface area contributed by atoms with Crippen LogP contribution in [-0.2, 0) is 19.1 Å². The number of rotatable bonds is 2. The second-order valence-corrected chi connectivity index (χ2v) is 4.25. The van der Waals surface area contributed by atoms with Crippen molar-refractivity contribution in [1.29, 1.82) is 0 Å². The van der Waals surface area contributed by atoms with Gasteiger partial charge in [0.05, 0.1) is 0 Å². The number of ether oxygens (including phenoxy) is 2. The van der Waals surface area contributed by atoms with Crippen molar-refractivity contribution in [2.75, 3.05) is 5.32 Å². The Bertz CT molecular complexity index is 484. The summed E-state index contributed by atoms with van der Waals surface area (Å²) in [5.74, 6) is -2.60. The van der Waals surface area contributed by atoms with Crippen molar-refractivity contribution in [3.63, 3.8) is 0 Å². The van der Waals surface area contributed by atoms with Gasteiger partial charge >= 0.3 is 11.9 Å². The summed E-state index contributed by atoms with van der Waals surface area (Å²) < 4.78 is 9.91. The van der Waals surface area contributed by atoms with Gasteiger partial charge in [-0.1, -0.05) is 32.0 Å². The summed E-state index contributed by atoms with van der Waals surface area (Å²) in [6.45, 7) is 7.01. The van der Waals surface area contributed by atoms with E-state index in [-0.39, 0.29) is 5.57 Å². The van der Waals surface area contributed by atoms with Crippen LogP contribution in [-0.4, -0.2) is 17.7 Å². The van der Waals surface area contributed by atoms with Crippen LogP contribution in [0, 0.1) is 0 Å². The van der Waals surface area contributed by atoms with Gasteiger partial charge < -0.3 is 14.8 Å². The zero-order valence-electron chi connectivity index (χ0n) is 12.1. The monoisotopic (exact) mass is 277 g/mol. The van der Waals surface area contributed by atoms with E-state index >= 15 is 0 Å². The van der Waals surface area contributed by atoms with Gasteiger partial charge in [-0.25, -0.2) is 9.59 Å². The minimum atomic E-state index is -1.21. The normalized spacial score (nSPS) is 16.3. The molecule has 1 aliphatic rings. The first-order valence-corrected chi connectivity index (χ1v) is 6.46. The number of hydrogen-bond acceptors (Lipinski definition) is 5. The predicted octanol–water partition coefficient (Wildman–Crippen LogP) is 2.84. The van der Waals surface area contributed by atoms with Gasteiger partial charge in [0.2, 0.25) is 0 Å². The van der Waals surface area contributed by atoms with Crippen LogP contribution in [0.3, 0.4) is 0 Å². The fourth-order valence-electron chi connectivity index (χ4n) is 1.47. The van der Waals surface area contributed by atoms with Crippen molar-refractivity contribution in [2.24, 2.45) is 0 Å². The Morgan fingerprint density at radius 2 is 1.50 bits per heavy atom. The second-order valence-electron chi connectivity index (χ2n) is 4.25. The van der Waals surface area contributed by atoms with Crippen molar-refractivity contribution in [3.8, 4) is 0 Å². The number of carbonyl (C=O) groups is 2. The third-order valence-electron chi connectivity index (χ3n) is 2.27. The van der Waals surface area contributed by atoms with Gasteiger partial charge in [0.15, 0.2) is 5.57 Å². The van der Waals surface area contributed by atoms with Crippen LogP contribution < -0.4 is 5.32 Å². The van der Waals surface area contributed by atoms with Crippen LogP contribution in [0.2, 0.25) is 0 Å². The fraction of sp³-hybridized carbons (Fsp3) is 0.333. The molecule has 1 N–H and O–H groups in total. The molecule has 1 aromatic carbocycles. The zero-order chi connectivity index (χ0) is 15.2. The lowest BCUT2D eigenvalue weighted by molar-refractivity contribution is -0.222. The predicted molar refractivity (Wildman–Crippen MR) is 75.8 cm³/mol. The highest BCUT2D eigenvalue weighted by atomic mass is 16.7.